The molecule has 5 heterocycles. The normalized spacial score (nSPS) is 30.5. The first kappa shape index (κ1) is 41.5. The van der Waals surface area contributed by atoms with E-state index >= 15 is 0 Å². The lowest BCUT2D eigenvalue weighted by Gasteiger charge is -2.55. The van der Waals surface area contributed by atoms with Gasteiger partial charge in [-0.25, -0.2) is 0 Å². The maximum Gasteiger partial charge on any atom is 0.226 e. The topological polar surface area (TPSA) is 9.72 Å². The second kappa shape index (κ2) is 12.5. The van der Waals surface area contributed by atoms with Gasteiger partial charge in [0.2, 0.25) is 6.71 Å². The number of nitrogens with zero attached hydrogens (tertiary/aromatic N) is 3. The van der Waals surface area contributed by atoms with Crippen molar-refractivity contribution < 1.29 is 0 Å². The van der Waals surface area contributed by atoms with E-state index in [0.29, 0.717) is 5.82 Å². The highest BCUT2D eigenvalue weighted by molar-refractivity contribution is 6.93. The van der Waals surface area contributed by atoms with Crippen molar-refractivity contribution >= 4 is 70.6 Å². The molecule has 332 valence electrons. The standard InChI is InChI=1S/C59H74BN3Si/c1-35-26-36(2)50-47(27-35)62(59(12)25-19-17-23-57(50,59)10)39-31-48-51-49(32-39)63-53-43(56(9)22-16-18-24-58(56,63)11)33-40(64(13,14)15)34-45(53)60(51)44-30-38(55(6,7)8)29-42-41-28-37(54(3,4)5)20-21-46(41)61(48)52(42)44/h20-21,26-34,44,52H,16-19,22-25H2,1-15H3. The van der Waals surface area contributed by atoms with Crippen LogP contribution in [0.4, 0.5) is 34.1 Å². The average molecular weight is 864 g/mol. The van der Waals surface area contributed by atoms with Crippen LogP contribution in [0.1, 0.15) is 154 Å². The van der Waals surface area contributed by atoms with Crippen LogP contribution in [0, 0.1) is 19.3 Å². The molecular formula is C59H74BN3Si. The van der Waals surface area contributed by atoms with Crippen LogP contribution >= 0.6 is 0 Å². The first-order valence-corrected chi connectivity index (χ1v) is 28.9. The minimum Gasteiger partial charge on any atom is -0.335 e. The Morgan fingerprint density at radius 1 is 0.672 bits per heavy atom. The Morgan fingerprint density at radius 3 is 2.00 bits per heavy atom. The maximum atomic E-state index is 3.01. The number of hydrogen-bond acceptors (Lipinski definition) is 3. The second-order valence-electron chi connectivity index (χ2n) is 26.2. The van der Waals surface area contributed by atoms with Crippen LogP contribution in [0.5, 0.6) is 0 Å². The van der Waals surface area contributed by atoms with Gasteiger partial charge in [-0.1, -0.05) is 142 Å². The summed E-state index contributed by atoms with van der Waals surface area (Å²) >= 11 is 0. The van der Waals surface area contributed by atoms with Crippen LogP contribution in [0.15, 0.2) is 72.3 Å². The fourth-order valence-electron chi connectivity index (χ4n) is 15.7. The Bertz CT molecular complexity index is 2830. The molecule has 12 rings (SSSR count). The summed E-state index contributed by atoms with van der Waals surface area (Å²) in [6.45, 7) is 37.9. The third-order valence-corrected chi connectivity index (χ3v) is 21.5. The summed E-state index contributed by atoms with van der Waals surface area (Å²) in [4.78, 5) is 8.82. The van der Waals surface area contributed by atoms with Gasteiger partial charge in [-0.05, 0) is 150 Å². The molecule has 0 radical (unpaired) electrons. The fraction of sp³-hybridized carbons (Fsp3) is 0.525. The zero-order chi connectivity index (χ0) is 45.2. The zero-order valence-corrected chi connectivity index (χ0v) is 43.1. The van der Waals surface area contributed by atoms with Crippen LogP contribution in [0.3, 0.4) is 0 Å². The molecule has 6 unspecified atom stereocenters. The van der Waals surface area contributed by atoms with Crippen molar-refractivity contribution in [2.45, 2.75) is 193 Å². The van der Waals surface area contributed by atoms with Crippen molar-refractivity contribution in [1.82, 2.24) is 0 Å². The summed E-state index contributed by atoms with van der Waals surface area (Å²) < 4.78 is 0. The van der Waals surface area contributed by atoms with Gasteiger partial charge in [0.15, 0.2) is 0 Å². The molecule has 3 nitrogen and oxygen atoms in total. The highest BCUT2D eigenvalue weighted by Crippen LogP contribution is 2.67. The summed E-state index contributed by atoms with van der Waals surface area (Å²) in [7, 11) is -1.71. The van der Waals surface area contributed by atoms with Gasteiger partial charge in [-0.3, -0.25) is 0 Å². The third kappa shape index (κ3) is 4.96. The zero-order valence-electron chi connectivity index (χ0n) is 42.1. The van der Waals surface area contributed by atoms with Gasteiger partial charge in [-0.2, -0.15) is 0 Å². The lowest BCUT2D eigenvalue weighted by molar-refractivity contribution is 0.193. The van der Waals surface area contributed by atoms with Crippen LogP contribution in [-0.4, -0.2) is 31.9 Å². The molecule has 4 aromatic carbocycles. The number of rotatable bonds is 2. The highest BCUT2D eigenvalue weighted by atomic mass is 28.3. The van der Waals surface area contributed by atoms with Crippen molar-refractivity contribution in [3.63, 3.8) is 0 Å². The number of anilines is 6. The van der Waals surface area contributed by atoms with Crippen LogP contribution < -0.4 is 30.8 Å². The molecule has 64 heavy (non-hydrogen) atoms. The Labute approximate surface area is 387 Å². The molecule has 4 aromatic rings. The van der Waals surface area contributed by atoms with Gasteiger partial charge in [0.05, 0.1) is 25.2 Å². The van der Waals surface area contributed by atoms with Crippen molar-refractivity contribution in [3.8, 4) is 0 Å². The third-order valence-electron chi connectivity index (χ3n) is 19.5. The molecule has 2 fully saturated rings. The highest BCUT2D eigenvalue weighted by Gasteiger charge is 2.65. The smallest absolute Gasteiger partial charge is 0.226 e. The number of allylic oxidation sites excluding steroid dienone is 2. The molecule has 3 aliphatic carbocycles. The van der Waals surface area contributed by atoms with Crippen molar-refractivity contribution in [2.75, 3.05) is 14.7 Å². The second-order valence-corrected chi connectivity index (χ2v) is 31.3. The van der Waals surface area contributed by atoms with E-state index in [-0.39, 0.29) is 45.5 Å². The summed E-state index contributed by atoms with van der Waals surface area (Å²) in [6.07, 6.45) is 15.5. The summed E-state index contributed by atoms with van der Waals surface area (Å²) in [6, 6.07) is 23.9. The summed E-state index contributed by atoms with van der Waals surface area (Å²) in [5, 5.41) is 1.64. The van der Waals surface area contributed by atoms with E-state index in [1.165, 1.54) is 113 Å². The van der Waals surface area contributed by atoms with Crippen LogP contribution in [-0.2, 0) is 16.2 Å². The lowest BCUT2D eigenvalue weighted by atomic mass is 9.28. The van der Waals surface area contributed by atoms with E-state index in [9.17, 15) is 0 Å². The van der Waals surface area contributed by atoms with Gasteiger partial charge < -0.3 is 14.7 Å². The number of hydrogen-bond donors (Lipinski definition) is 0. The van der Waals surface area contributed by atoms with E-state index in [4.69, 9.17) is 0 Å². The molecular weight excluding hydrogens is 790 g/mol. The summed E-state index contributed by atoms with van der Waals surface area (Å²) in [5.41, 5.74) is 24.2. The molecule has 0 bridgehead atoms. The Hall–Kier alpha value is -3.96. The number of fused-ring (bicyclic) bond motifs is 13. The molecule has 0 N–H and O–H groups in total. The quantitative estimate of drug-likeness (QED) is 0.186. The molecule has 0 saturated heterocycles. The minimum atomic E-state index is -1.71. The van der Waals surface area contributed by atoms with Crippen molar-refractivity contribution in [2.24, 2.45) is 5.41 Å². The molecule has 0 aromatic heterocycles. The largest absolute Gasteiger partial charge is 0.335 e. The molecule has 5 aliphatic heterocycles. The molecule has 0 amide bonds. The molecule has 2 saturated carbocycles. The minimum absolute atomic E-state index is 0.0253. The summed E-state index contributed by atoms with van der Waals surface area (Å²) in [5.74, 6) is 0.306. The maximum absolute atomic E-state index is 3.01. The van der Waals surface area contributed by atoms with Gasteiger partial charge in [0.1, 0.15) is 0 Å². The molecule has 6 atom stereocenters. The van der Waals surface area contributed by atoms with Crippen molar-refractivity contribution in [1.29, 1.82) is 0 Å². The van der Waals surface area contributed by atoms with Gasteiger partial charge >= 0.3 is 0 Å². The van der Waals surface area contributed by atoms with Gasteiger partial charge in [0, 0.05) is 50.5 Å². The van der Waals surface area contributed by atoms with E-state index in [1.54, 1.807) is 32.9 Å². The molecule has 5 heteroatoms. The van der Waals surface area contributed by atoms with Crippen molar-refractivity contribution in [3.05, 3.63) is 106 Å². The first-order valence-electron chi connectivity index (χ1n) is 25.4. The molecule has 8 aliphatic rings. The van der Waals surface area contributed by atoms with E-state index < -0.39 is 8.07 Å². The fourth-order valence-corrected chi connectivity index (χ4v) is 16.8. The number of aryl methyl sites for hydroxylation is 2. The predicted octanol–water partition coefficient (Wildman–Crippen LogP) is 13.8. The average Bonchev–Trinajstić information content (AvgIpc) is 3.73. The predicted molar refractivity (Wildman–Crippen MR) is 280 cm³/mol. The SMILES string of the molecule is Cc1cc(C)c2c(c1)N(c1cc3c4c(c1)N1c5c(cc([Si](C)(C)C)cc5C5(C)CCCCC15C)B4C1C=C(C(C)(C)C)C=C4c5cc(C(C)(C)C)ccc5N3C41)C1(C)CCCCC21C. The Morgan fingerprint density at radius 2 is 1.33 bits per heavy atom. The molecule has 0 spiro atoms. The van der Waals surface area contributed by atoms with Gasteiger partial charge in [-0.15, -0.1) is 0 Å². The van der Waals surface area contributed by atoms with Gasteiger partial charge in [0.25, 0.3) is 0 Å². The first-order chi connectivity index (χ1) is 29.9. The van der Waals surface area contributed by atoms with Crippen LogP contribution in [0.25, 0.3) is 5.57 Å². The van der Waals surface area contributed by atoms with E-state index in [2.05, 4.69) is 184 Å². The lowest BCUT2D eigenvalue weighted by Crippen LogP contribution is -2.65. The van der Waals surface area contributed by atoms with E-state index in [1.807, 2.05) is 0 Å². The van der Waals surface area contributed by atoms with Crippen LogP contribution in [0.2, 0.25) is 25.5 Å². The Balaban J connectivity index is 1.23. The Kier molecular flexibility index (Phi) is 8.11. The number of benzene rings is 4. The monoisotopic (exact) mass is 864 g/mol. The van der Waals surface area contributed by atoms with E-state index in [0.717, 1.165) is 0 Å².